The number of alkyl carbamates (subject to hydrolysis) is 1. The fraction of sp³-hybridized carbons (Fsp3) is 0.556. The van der Waals surface area contributed by atoms with E-state index in [2.05, 4.69) is 35.5 Å². The zero-order valence-corrected chi connectivity index (χ0v) is 15.8. The summed E-state index contributed by atoms with van der Waals surface area (Å²) in [6.07, 6.45) is 6.32. The summed E-state index contributed by atoms with van der Waals surface area (Å²) in [5, 5.41) is 13.0. The predicted octanol–water partition coefficient (Wildman–Crippen LogP) is 3.46. The number of anilines is 2. The summed E-state index contributed by atoms with van der Waals surface area (Å²) in [4.78, 5) is 19.7. The van der Waals surface area contributed by atoms with Gasteiger partial charge in [0.15, 0.2) is 5.82 Å². The van der Waals surface area contributed by atoms with Crippen molar-refractivity contribution in [1.82, 2.24) is 25.5 Å². The van der Waals surface area contributed by atoms with Gasteiger partial charge in [0.2, 0.25) is 5.88 Å². The van der Waals surface area contributed by atoms with E-state index in [1.54, 1.807) is 0 Å². The molecule has 2 atom stereocenters. The number of aromatic amines is 1. The molecule has 2 heterocycles. The summed E-state index contributed by atoms with van der Waals surface area (Å²) in [5.41, 5.74) is 0.838. The van der Waals surface area contributed by atoms with Gasteiger partial charge in [-0.05, 0) is 39.0 Å². The molecule has 156 valence electrons. The Morgan fingerprint density at radius 3 is 2.79 bits per heavy atom. The van der Waals surface area contributed by atoms with Crippen molar-refractivity contribution in [2.75, 3.05) is 5.32 Å². The Bertz CT molecular complexity index is 856. The standard InChI is InChI=1S/C18H22F2N6O3/c1-18(4-5-18)24-17(27)28-11-3-2-10(6-11)12-7-13(26-25-12)23-14-8-22-15(9-21-14)29-16(19)20/h7-11,16H,2-6H2,1H3,(H,24,27)(H2,21,23,25,26)/t10-,11+/m0/s1. The van der Waals surface area contributed by atoms with Gasteiger partial charge in [0.05, 0.1) is 12.4 Å². The summed E-state index contributed by atoms with van der Waals surface area (Å²) in [5.74, 6) is 0.827. The summed E-state index contributed by atoms with van der Waals surface area (Å²) in [6, 6.07) is 1.85. The first kappa shape index (κ1) is 19.3. The third-order valence-electron chi connectivity index (χ3n) is 5.19. The van der Waals surface area contributed by atoms with Crippen molar-refractivity contribution in [2.45, 2.75) is 63.2 Å². The summed E-state index contributed by atoms with van der Waals surface area (Å²) in [7, 11) is 0. The number of carbonyl (C=O) groups is 1. The highest BCUT2D eigenvalue weighted by Crippen LogP contribution is 2.37. The van der Waals surface area contributed by atoms with Crippen LogP contribution in [0, 0.1) is 0 Å². The molecule has 0 saturated heterocycles. The van der Waals surface area contributed by atoms with Crippen molar-refractivity contribution in [2.24, 2.45) is 0 Å². The minimum Gasteiger partial charge on any atom is -0.446 e. The number of H-pyrrole nitrogens is 1. The minimum absolute atomic E-state index is 0.0916. The van der Waals surface area contributed by atoms with Crippen LogP contribution in [-0.2, 0) is 4.74 Å². The molecule has 0 radical (unpaired) electrons. The lowest BCUT2D eigenvalue weighted by Gasteiger charge is -2.16. The van der Waals surface area contributed by atoms with Crippen LogP contribution in [0.2, 0.25) is 0 Å². The lowest BCUT2D eigenvalue weighted by molar-refractivity contribution is -0.0530. The maximum atomic E-state index is 12.1. The molecule has 2 fully saturated rings. The van der Waals surface area contributed by atoms with E-state index in [9.17, 15) is 13.6 Å². The van der Waals surface area contributed by atoms with Gasteiger partial charge in [-0.15, -0.1) is 0 Å². The molecule has 11 heteroatoms. The van der Waals surface area contributed by atoms with E-state index in [1.165, 1.54) is 6.20 Å². The van der Waals surface area contributed by atoms with E-state index in [0.29, 0.717) is 11.6 Å². The van der Waals surface area contributed by atoms with Crippen LogP contribution in [0.15, 0.2) is 18.5 Å². The molecule has 0 bridgehead atoms. The number of amides is 1. The van der Waals surface area contributed by atoms with Gasteiger partial charge in [-0.1, -0.05) is 0 Å². The van der Waals surface area contributed by atoms with E-state index in [1.807, 2.05) is 13.0 Å². The van der Waals surface area contributed by atoms with Crippen LogP contribution in [0.25, 0.3) is 0 Å². The predicted molar refractivity (Wildman–Crippen MR) is 98.2 cm³/mol. The molecule has 29 heavy (non-hydrogen) atoms. The molecule has 0 aromatic carbocycles. The Morgan fingerprint density at radius 2 is 2.10 bits per heavy atom. The molecule has 9 nitrogen and oxygen atoms in total. The normalized spacial score (nSPS) is 22.3. The SMILES string of the molecule is CC1(NC(=O)O[C@@H]2CC[C@H](c3cc(Nc4cnc(OC(F)F)cn4)n[nH]3)C2)CC1. The van der Waals surface area contributed by atoms with Crippen molar-refractivity contribution in [3.8, 4) is 5.88 Å². The first-order valence-electron chi connectivity index (χ1n) is 9.46. The van der Waals surface area contributed by atoms with Crippen molar-refractivity contribution in [3.63, 3.8) is 0 Å². The summed E-state index contributed by atoms with van der Waals surface area (Å²) < 4.78 is 34.0. The summed E-state index contributed by atoms with van der Waals surface area (Å²) in [6.45, 7) is -0.937. The molecule has 3 N–H and O–H groups in total. The number of halogens is 2. The lowest BCUT2D eigenvalue weighted by Crippen LogP contribution is -2.36. The molecule has 4 rings (SSSR count). The zero-order chi connectivity index (χ0) is 20.4. The monoisotopic (exact) mass is 408 g/mol. The van der Waals surface area contributed by atoms with Crippen LogP contribution in [-0.4, -0.2) is 44.5 Å². The molecular formula is C18H22F2N6O3. The molecular weight excluding hydrogens is 386 g/mol. The average molecular weight is 408 g/mol. The Kier molecular flexibility index (Phi) is 5.20. The molecule has 1 amide bonds. The zero-order valence-electron chi connectivity index (χ0n) is 15.8. The number of alkyl halides is 2. The minimum atomic E-state index is -2.95. The molecule has 2 aliphatic rings. The molecule has 0 spiro atoms. The van der Waals surface area contributed by atoms with Crippen LogP contribution < -0.4 is 15.4 Å². The molecule has 2 saturated carbocycles. The van der Waals surface area contributed by atoms with E-state index in [-0.39, 0.29) is 29.5 Å². The number of aromatic nitrogens is 4. The topological polar surface area (TPSA) is 114 Å². The third-order valence-corrected chi connectivity index (χ3v) is 5.19. The summed E-state index contributed by atoms with van der Waals surface area (Å²) >= 11 is 0. The van der Waals surface area contributed by atoms with Gasteiger partial charge < -0.3 is 20.1 Å². The Balaban J connectivity index is 1.28. The smallest absolute Gasteiger partial charge is 0.407 e. The van der Waals surface area contributed by atoms with E-state index in [4.69, 9.17) is 4.74 Å². The number of rotatable bonds is 7. The van der Waals surface area contributed by atoms with E-state index in [0.717, 1.165) is 44.0 Å². The number of ether oxygens (including phenoxy) is 2. The third kappa shape index (κ3) is 5.09. The van der Waals surface area contributed by atoms with Crippen molar-refractivity contribution in [1.29, 1.82) is 0 Å². The second kappa shape index (κ2) is 7.80. The first-order chi connectivity index (χ1) is 13.9. The highest BCUT2D eigenvalue weighted by Gasteiger charge is 2.40. The maximum Gasteiger partial charge on any atom is 0.407 e. The average Bonchev–Trinajstić information content (AvgIpc) is 3.06. The van der Waals surface area contributed by atoms with Crippen LogP contribution in [0.4, 0.5) is 25.2 Å². The second-order valence-electron chi connectivity index (χ2n) is 7.67. The van der Waals surface area contributed by atoms with Crippen molar-refractivity contribution >= 4 is 17.7 Å². The molecule has 2 aromatic heterocycles. The number of hydrogen-bond donors (Lipinski definition) is 3. The largest absolute Gasteiger partial charge is 0.446 e. The van der Waals surface area contributed by atoms with Gasteiger partial charge in [-0.3, -0.25) is 5.10 Å². The number of nitrogens with zero attached hydrogens (tertiary/aromatic N) is 3. The fourth-order valence-electron chi connectivity index (χ4n) is 3.34. The highest BCUT2D eigenvalue weighted by molar-refractivity contribution is 5.69. The Labute approximate surface area is 165 Å². The van der Waals surface area contributed by atoms with Gasteiger partial charge in [-0.2, -0.15) is 13.9 Å². The number of hydrogen-bond acceptors (Lipinski definition) is 7. The molecule has 0 aliphatic heterocycles. The maximum absolute atomic E-state index is 12.1. The van der Waals surface area contributed by atoms with Gasteiger partial charge in [0.25, 0.3) is 0 Å². The van der Waals surface area contributed by atoms with Crippen LogP contribution >= 0.6 is 0 Å². The van der Waals surface area contributed by atoms with Gasteiger partial charge in [-0.25, -0.2) is 14.8 Å². The van der Waals surface area contributed by atoms with E-state index < -0.39 is 6.61 Å². The molecule has 0 unspecified atom stereocenters. The Morgan fingerprint density at radius 1 is 1.28 bits per heavy atom. The number of nitrogens with one attached hydrogen (secondary N) is 3. The highest BCUT2D eigenvalue weighted by atomic mass is 19.3. The quantitative estimate of drug-likeness (QED) is 0.643. The lowest BCUT2D eigenvalue weighted by atomic mass is 10.0. The molecule has 2 aromatic rings. The van der Waals surface area contributed by atoms with Gasteiger partial charge in [0, 0.05) is 23.2 Å². The van der Waals surface area contributed by atoms with E-state index >= 15 is 0 Å². The van der Waals surface area contributed by atoms with Crippen LogP contribution in [0.3, 0.4) is 0 Å². The van der Waals surface area contributed by atoms with Crippen LogP contribution in [0.5, 0.6) is 5.88 Å². The van der Waals surface area contributed by atoms with Gasteiger partial charge >= 0.3 is 12.7 Å². The first-order valence-corrected chi connectivity index (χ1v) is 9.46. The molecule has 2 aliphatic carbocycles. The van der Waals surface area contributed by atoms with Crippen LogP contribution in [0.1, 0.15) is 50.6 Å². The second-order valence-corrected chi connectivity index (χ2v) is 7.67. The number of carbonyl (C=O) groups excluding carboxylic acids is 1. The Hall–Kier alpha value is -2.98. The van der Waals surface area contributed by atoms with Gasteiger partial charge in [0.1, 0.15) is 11.9 Å². The van der Waals surface area contributed by atoms with Crippen molar-refractivity contribution in [3.05, 3.63) is 24.2 Å². The fourth-order valence-corrected chi connectivity index (χ4v) is 3.34. The van der Waals surface area contributed by atoms with Crippen molar-refractivity contribution < 1.29 is 23.0 Å².